The molecule has 3 N–H and O–H groups in total. The summed E-state index contributed by atoms with van der Waals surface area (Å²) in [5.74, 6) is 1.02. The highest BCUT2D eigenvalue weighted by Crippen LogP contribution is 2.29. The Morgan fingerprint density at radius 1 is 1.47 bits per heavy atom. The number of likely N-dealkylation sites (N-methyl/N-ethyl adjacent to an activating group) is 1. The monoisotopic (exact) mass is 285 g/mol. The minimum absolute atomic E-state index is 0.0613. The molecule has 0 aromatic rings. The van der Waals surface area contributed by atoms with E-state index in [1.54, 1.807) is 0 Å². The van der Waals surface area contributed by atoms with Gasteiger partial charge in [-0.3, -0.25) is 9.59 Å². The van der Waals surface area contributed by atoms with Gasteiger partial charge in [-0.05, 0) is 32.2 Å². The summed E-state index contributed by atoms with van der Waals surface area (Å²) >= 11 is 1.19. The van der Waals surface area contributed by atoms with Gasteiger partial charge in [0.2, 0.25) is 5.91 Å². The first-order valence-corrected chi connectivity index (χ1v) is 8.09. The fraction of sp³-hybridized carbons (Fsp3) is 0.846. The normalized spacial score (nSPS) is 31.1. The van der Waals surface area contributed by atoms with Crippen LogP contribution in [-0.4, -0.2) is 47.0 Å². The topological polar surface area (TPSA) is 75.4 Å². The number of nitrogens with two attached hydrogens (primary N) is 1. The van der Waals surface area contributed by atoms with Crippen molar-refractivity contribution in [2.75, 3.05) is 18.8 Å². The molecule has 1 saturated carbocycles. The van der Waals surface area contributed by atoms with E-state index in [0.717, 1.165) is 19.3 Å². The molecular weight excluding hydrogens is 262 g/mol. The Morgan fingerprint density at radius 3 is 2.79 bits per heavy atom. The molecule has 2 fully saturated rings. The van der Waals surface area contributed by atoms with E-state index < -0.39 is 0 Å². The van der Waals surface area contributed by atoms with E-state index in [1.165, 1.54) is 18.2 Å². The summed E-state index contributed by atoms with van der Waals surface area (Å²) in [5.41, 5.74) is 5.85. The summed E-state index contributed by atoms with van der Waals surface area (Å²) < 4.78 is 0. The van der Waals surface area contributed by atoms with Crippen molar-refractivity contribution >= 4 is 22.9 Å². The van der Waals surface area contributed by atoms with Gasteiger partial charge in [0.15, 0.2) is 0 Å². The molecule has 1 heterocycles. The summed E-state index contributed by atoms with van der Waals surface area (Å²) in [4.78, 5) is 25.7. The van der Waals surface area contributed by atoms with Crippen LogP contribution in [0.4, 0.5) is 4.79 Å². The molecule has 0 bridgehead atoms. The average Bonchev–Trinajstić information content (AvgIpc) is 2.86. The van der Waals surface area contributed by atoms with Gasteiger partial charge in [-0.25, -0.2) is 0 Å². The predicted octanol–water partition coefficient (Wildman–Crippen LogP) is 1.18. The van der Waals surface area contributed by atoms with Crippen molar-refractivity contribution in [2.45, 2.75) is 44.7 Å². The van der Waals surface area contributed by atoms with Crippen molar-refractivity contribution in [3.05, 3.63) is 0 Å². The molecule has 5 nitrogen and oxygen atoms in total. The Labute approximate surface area is 118 Å². The number of nitrogens with zero attached hydrogens (tertiary/aromatic N) is 1. The van der Waals surface area contributed by atoms with Gasteiger partial charge in [-0.1, -0.05) is 24.6 Å². The van der Waals surface area contributed by atoms with Gasteiger partial charge in [0.1, 0.15) is 6.04 Å². The number of hydrogen-bond donors (Lipinski definition) is 2. The van der Waals surface area contributed by atoms with Crippen LogP contribution in [0.1, 0.15) is 32.6 Å². The van der Waals surface area contributed by atoms with E-state index in [4.69, 9.17) is 5.73 Å². The molecule has 2 rings (SSSR count). The molecular formula is C13H23N3O2S. The lowest BCUT2D eigenvalue weighted by Crippen LogP contribution is -2.53. The summed E-state index contributed by atoms with van der Waals surface area (Å²) in [5, 5.41) is 2.65. The maximum Gasteiger partial charge on any atom is 0.279 e. The quantitative estimate of drug-likeness (QED) is 0.813. The summed E-state index contributed by atoms with van der Waals surface area (Å²) in [7, 11) is 0. The average molecular weight is 285 g/mol. The first-order valence-electron chi connectivity index (χ1n) is 7.11. The largest absolute Gasteiger partial charge is 0.338 e. The van der Waals surface area contributed by atoms with E-state index in [1.807, 2.05) is 11.8 Å². The van der Waals surface area contributed by atoms with Crippen LogP contribution in [0.2, 0.25) is 0 Å². The highest BCUT2D eigenvalue weighted by atomic mass is 32.2. The Balaban J connectivity index is 2.05. The third kappa shape index (κ3) is 3.23. The van der Waals surface area contributed by atoms with Gasteiger partial charge < -0.3 is 16.0 Å². The summed E-state index contributed by atoms with van der Waals surface area (Å²) in [6.07, 6.45) is 4.52. The van der Waals surface area contributed by atoms with Crippen molar-refractivity contribution in [2.24, 2.45) is 11.7 Å². The van der Waals surface area contributed by atoms with Crippen LogP contribution in [-0.2, 0) is 4.79 Å². The third-order valence-corrected chi connectivity index (χ3v) is 5.05. The van der Waals surface area contributed by atoms with Crippen molar-refractivity contribution in [3.63, 3.8) is 0 Å². The van der Waals surface area contributed by atoms with Gasteiger partial charge in [-0.15, -0.1) is 0 Å². The van der Waals surface area contributed by atoms with Crippen LogP contribution in [0.5, 0.6) is 0 Å². The second kappa shape index (κ2) is 6.61. The first kappa shape index (κ1) is 14.7. The van der Waals surface area contributed by atoms with Crippen LogP contribution < -0.4 is 11.1 Å². The maximum absolute atomic E-state index is 12.5. The molecule has 3 atom stereocenters. The van der Waals surface area contributed by atoms with Crippen LogP contribution >= 0.6 is 11.8 Å². The van der Waals surface area contributed by atoms with Crippen LogP contribution in [0.15, 0.2) is 0 Å². The lowest BCUT2D eigenvalue weighted by Gasteiger charge is -2.40. The van der Waals surface area contributed by atoms with E-state index in [0.29, 0.717) is 24.8 Å². The molecule has 1 aliphatic carbocycles. The van der Waals surface area contributed by atoms with Crippen molar-refractivity contribution < 1.29 is 9.59 Å². The Morgan fingerprint density at radius 2 is 2.21 bits per heavy atom. The van der Waals surface area contributed by atoms with Gasteiger partial charge in [0.05, 0.1) is 0 Å². The Hall–Kier alpha value is -0.750. The number of thioether (sulfide) groups is 1. The molecule has 2 amide bonds. The van der Waals surface area contributed by atoms with Crippen LogP contribution in [0, 0.1) is 5.92 Å². The molecule has 0 radical (unpaired) electrons. The lowest BCUT2D eigenvalue weighted by atomic mass is 9.83. The zero-order valence-corrected chi connectivity index (χ0v) is 12.2. The standard InChI is InChI=1S/C13H23N3O2S/c1-2-16(11-6-4-3-5-9(11)7-14)12(17)10-8-19-13(18)15-10/h9-11H,2-8,14H2,1H3,(H,15,18). The fourth-order valence-electron chi connectivity index (χ4n) is 3.14. The minimum atomic E-state index is -0.349. The first-order chi connectivity index (χ1) is 9.17. The third-order valence-electron chi connectivity index (χ3n) is 4.17. The number of carbonyl (C=O) groups excluding carboxylic acids is 2. The smallest absolute Gasteiger partial charge is 0.279 e. The van der Waals surface area contributed by atoms with E-state index in [2.05, 4.69) is 5.32 Å². The molecule has 0 aromatic carbocycles. The van der Waals surface area contributed by atoms with Crippen molar-refractivity contribution in [1.29, 1.82) is 0 Å². The van der Waals surface area contributed by atoms with Crippen LogP contribution in [0.3, 0.4) is 0 Å². The lowest BCUT2D eigenvalue weighted by molar-refractivity contribution is -0.136. The SMILES string of the molecule is CCN(C(=O)C1CSC(=O)N1)C1CCCCC1CN. The Bertz CT molecular complexity index is 351. The summed E-state index contributed by atoms with van der Waals surface area (Å²) in [6.45, 7) is 3.33. The molecule has 0 aromatic heterocycles. The van der Waals surface area contributed by atoms with Crippen molar-refractivity contribution in [1.82, 2.24) is 10.2 Å². The van der Waals surface area contributed by atoms with E-state index >= 15 is 0 Å². The molecule has 19 heavy (non-hydrogen) atoms. The minimum Gasteiger partial charge on any atom is -0.338 e. The van der Waals surface area contributed by atoms with Gasteiger partial charge in [0, 0.05) is 18.3 Å². The zero-order chi connectivity index (χ0) is 13.8. The molecule has 6 heteroatoms. The highest BCUT2D eigenvalue weighted by Gasteiger charge is 2.37. The molecule has 108 valence electrons. The maximum atomic E-state index is 12.5. The zero-order valence-electron chi connectivity index (χ0n) is 11.4. The van der Waals surface area contributed by atoms with E-state index in [-0.39, 0.29) is 23.2 Å². The van der Waals surface area contributed by atoms with E-state index in [9.17, 15) is 9.59 Å². The number of nitrogens with one attached hydrogen (secondary N) is 1. The molecule has 2 aliphatic rings. The number of rotatable bonds is 4. The van der Waals surface area contributed by atoms with Crippen LogP contribution in [0.25, 0.3) is 0 Å². The molecule has 1 saturated heterocycles. The number of carbonyl (C=O) groups is 2. The molecule has 0 spiro atoms. The second-order valence-electron chi connectivity index (χ2n) is 5.27. The molecule has 1 aliphatic heterocycles. The highest BCUT2D eigenvalue weighted by molar-refractivity contribution is 8.14. The van der Waals surface area contributed by atoms with Gasteiger partial charge in [0.25, 0.3) is 5.24 Å². The second-order valence-corrected chi connectivity index (χ2v) is 6.26. The summed E-state index contributed by atoms with van der Waals surface area (Å²) in [6, 6.07) is -0.100. The van der Waals surface area contributed by atoms with Crippen molar-refractivity contribution in [3.8, 4) is 0 Å². The molecule has 3 unspecified atom stereocenters. The predicted molar refractivity (Wildman–Crippen MR) is 77.0 cm³/mol. The van der Waals surface area contributed by atoms with Gasteiger partial charge >= 0.3 is 0 Å². The number of hydrogen-bond acceptors (Lipinski definition) is 4. The Kier molecular flexibility index (Phi) is 5.10. The fourth-order valence-corrected chi connectivity index (χ4v) is 3.91. The van der Waals surface area contributed by atoms with Gasteiger partial charge in [-0.2, -0.15) is 0 Å². The number of amides is 2.